The predicted octanol–water partition coefficient (Wildman–Crippen LogP) is 0.406. The van der Waals surface area contributed by atoms with E-state index in [1.807, 2.05) is 6.92 Å². The van der Waals surface area contributed by atoms with Gasteiger partial charge in [-0.3, -0.25) is 4.79 Å². The van der Waals surface area contributed by atoms with Crippen LogP contribution in [0.3, 0.4) is 0 Å². The summed E-state index contributed by atoms with van der Waals surface area (Å²) in [4.78, 5) is 14.4. The molecule has 7 nitrogen and oxygen atoms in total. The standard InChI is InChI=1S/C13H21N3O4S/c1-3-15-9-11(21(14,18)19)8-12(15)13(17)16(6-7-20-2)10-4-5-10/h8-10H,3-7H2,1-2H3,(H2,14,18,19). The molecule has 2 rings (SSSR count). The Hall–Kier alpha value is -1.38. The number of carbonyl (C=O) groups excluding carboxylic acids is 1. The molecule has 1 fully saturated rings. The summed E-state index contributed by atoms with van der Waals surface area (Å²) in [5.41, 5.74) is 0.351. The molecule has 1 aromatic heterocycles. The normalized spacial score (nSPS) is 15.2. The maximum Gasteiger partial charge on any atom is 0.270 e. The van der Waals surface area contributed by atoms with Gasteiger partial charge in [0, 0.05) is 32.4 Å². The van der Waals surface area contributed by atoms with Gasteiger partial charge in [0.2, 0.25) is 10.0 Å². The van der Waals surface area contributed by atoms with Gasteiger partial charge in [-0.15, -0.1) is 0 Å². The van der Waals surface area contributed by atoms with Crippen molar-refractivity contribution in [2.24, 2.45) is 5.14 Å². The highest BCUT2D eigenvalue weighted by molar-refractivity contribution is 7.89. The number of methoxy groups -OCH3 is 1. The fourth-order valence-electron chi connectivity index (χ4n) is 2.25. The Kier molecular flexibility index (Phi) is 4.70. The van der Waals surface area contributed by atoms with E-state index in [2.05, 4.69) is 0 Å². The number of rotatable bonds is 7. The third-order valence-corrected chi connectivity index (χ3v) is 4.42. The van der Waals surface area contributed by atoms with Gasteiger partial charge < -0.3 is 14.2 Å². The van der Waals surface area contributed by atoms with Gasteiger partial charge >= 0.3 is 0 Å². The number of aryl methyl sites for hydroxylation is 1. The number of hydrogen-bond acceptors (Lipinski definition) is 4. The van der Waals surface area contributed by atoms with E-state index in [-0.39, 0.29) is 16.8 Å². The molecule has 1 heterocycles. The summed E-state index contributed by atoms with van der Waals surface area (Å²) in [5, 5.41) is 5.14. The average molecular weight is 315 g/mol. The highest BCUT2D eigenvalue weighted by atomic mass is 32.2. The minimum atomic E-state index is -3.81. The summed E-state index contributed by atoms with van der Waals surface area (Å²) < 4.78 is 29.5. The van der Waals surface area contributed by atoms with Gasteiger partial charge in [0.05, 0.1) is 6.61 Å². The monoisotopic (exact) mass is 315 g/mol. The Labute approximate surface area is 124 Å². The Morgan fingerprint density at radius 1 is 1.52 bits per heavy atom. The van der Waals surface area contributed by atoms with E-state index in [0.717, 1.165) is 12.8 Å². The lowest BCUT2D eigenvalue weighted by atomic mass is 10.3. The molecule has 1 aliphatic rings. The lowest BCUT2D eigenvalue weighted by Gasteiger charge is -2.22. The van der Waals surface area contributed by atoms with E-state index >= 15 is 0 Å². The Balaban J connectivity index is 2.30. The summed E-state index contributed by atoms with van der Waals surface area (Å²) in [6.45, 7) is 3.30. The number of nitrogens with zero attached hydrogens (tertiary/aromatic N) is 2. The van der Waals surface area contributed by atoms with Gasteiger partial charge in [0.15, 0.2) is 0 Å². The van der Waals surface area contributed by atoms with Crippen molar-refractivity contribution in [3.8, 4) is 0 Å². The fraction of sp³-hybridized carbons (Fsp3) is 0.615. The second kappa shape index (κ2) is 6.17. The molecule has 0 saturated heterocycles. The fourth-order valence-corrected chi connectivity index (χ4v) is 2.80. The predicted molar refractivity (Wildman–Crippen MR) is 77.4 cm³/mol. The maximum atomic E-state index is 12.7. The number of hydrogen-bond donors (Lipinski definition) is 1. The molecule has 0 atom stereocenters. The summed E-state index contributed by atoms with van der Waals surface area (Å²) in [5.74, 6) is -0.175. The van der Waals surface area contributed by atoms with Crippen LogP contribution in [-0.4, -0.2) is 50.1 Å². The van der Waals surface area contributed by atoms with Crippen LogP contribution in [-0.2, 0) is 21.3 Å². The molecule has 0 aromatic carbocycles. The molecular formula is C13H21N3O4S. The van der Waals surface area contributed by atoms with Gasteiger partial charge in [0.1, 0.15) is 10.6 Å². The van der Waals surface area contributed by atoms with E-state index in [9.17, 15) is 13.2 Å². The zero-order valence-electron chi connectivity index (χ0n) is 12.3. The molecule has 1 aliphatic carbocycles. The van der Waals surface area contributed by atoms with Crippen molar-refractivity contribution in [3.05, 3.63) is 18.0 Å². The third-order valence-electron chi connectivity index (χ3n) is 3.54. The number of nitrogens with two attached hydrogens (primary N) is 1. The van der Waals surface area contributed by atoms with Crippen LogP contribution in [0.25, 0.3) is 0 Å². The number of sulfonamides is 1. The van der Waals surface area contributed by atoms with Crippen molar-refractivity contribution in [2.45, 2.75) is 37.2 Å². The molecule has 21 heavy (non-hydrogen) atoms. The lowest BCUT2D eigenvalue weighted by molar-refractivity contribution is 0.0669. The maximum absolute atomic E-state index is 12.7. The topological polar surface area (TPSA) is 94.6 Å². The highest BCUT2D eigenvalue weighted by Gasteiger charge is 2.34. The van der Waals surface area contributed by atoms with Crippen LogP contribution in [0.1, 0.15) is 30.3 Å². The van der Waals surface area contributed by atoms with Gasteiger partial charge in [-0.05, 0) is 25.8 Å². The SMILES string of the molecule is CCn1cc(S(N)(=O)=O)cc1C(=O)N(CCOC)C1CC1. The summed E-state index contributed by atoms with van der Waals surface area (Å²) in [6.07, 6.45) is 3.36. The molecule has 1 amide bonds. The van der Waals surface area contributed by atoms with Gasteiger partial charge in [-0.25, -0.2) is 13.6 Å². The van der Waals surface area contributed by atoms with E-state index in [0.29, 0.717) is 25.4 Å². The van der Waals surface area contributed by atoms with Crippen molar-refractivity contribution in [3.63, 3.8) is 0 Å². The molecule has 2 N–H and O–H groups in total. The van der Waals surface area contributed by atoms with Gasteiger partial charge in [0.25, 0.3) is 5.91 Å². The van der Waals surface area contributed by atoms with E-state index < -0.39 is 10.0 Å². The molecule has 0 unspecified atom stereocenters. The average Bonchev–Trinajstić information content (AvgIpc) is 3.15. The zero-order valence-corrected chi connectivity index (χ0v) is 13.1. The largest absolute Gasteiger partial charge is 0.383 e. The minimum Gasteiger partial charge on any atom is -0.383 e. The second-order valence-electron chi connectivity index (χ2n) is 5.11. The Morgan fingerprint density at radius 3 is 2.67 bits per heavy atom. The first-order valence-corrected chi connectivity index (χ1v) is 8.46. The number of primary sulfonamides is 1. The molecule has 0 radical (unpaired) electrons. The number of aromatic nitrogens is 1. The summed E-state index contributed by atoms with van der Waals surface area (Å²) in [6, 6.07) is 1.58. The van der Waals surface area contributed by atoms with Crippen molar-refractivity contribution in [2.75, 3.05) is 20.3 Å². The third kappa shape index (κ3) is 3.63. The molecule has 1 aromatic rings. The lowest BCUT2D eigenvalue weighted by Crippen LogP contribution is -2.36. The van der Waals surface area contributed by atoms with E-state index in [1.165, 1.54) is 12.3 Å². The molecule has 0 aliphatic heterocycles. The quantitative estimate of drug-likeness (QED) is 0.788. The highest BCUT2D eigenvalue weighted by Crippen LogP contribution is 2.28. The summed E-state index contributed by atoms with van der Waals surface area (Å²) in [7, 11) is -2.22. The number of amides is 1. The van der Waals surface area contributed by atoms with Crippen LogP contribution >= 0.6 is 0 Å². The molecule has 1 saturated carbocycles. The van der Waals surface area contributed by atoms with Crippen LogP contribution in [0.4, 0.5) is 0 Å². The smallest absolute Gasteiger partial charge is 0.270 e. The van der Waals surface area contributed by atoms with Crippen LogP contribution in [0, 0.1) is 0 Å². The molecular weight excluding hydrogens is 294 g/mol. The first-order chi connectivity index (χ1) is 9.88. The zero-order chi connectivity index (χ0) is 15.6. The first kappa shape index (κ1) is 16.0. The first-order valence-electron chi connectivity index (χ1n) is 6.91. The molecule has 0 spiro atoms. The second-order valence-corrected chi connectivity index (χ2v) is 6.68. The number of ether oxygens (including phenoxy) is 1. The molecule has 0 bridgehead atoms. The van der Waals surface area contributed by atoms with Crippen LogP contribution in [0.15, 0.2) is 17.2 Å². The van der Waals surface area contributed by atoms with Gasteiger partial charge in [-0.2, -0.15) is 0 Å². The van der Waals surface area contributed by atoms with E-state index in [1.54, 1.807) is 16.6 Å². The minimum absolute atomic E-state index is 0.0322. The number of carbonyl (C=O) groups is 1. The van der Waals surface area contributed by atoms with Crippen LogP contribution < -0.4 is 5.14 Å². The van der Waals surface area contributed by atoms with Crippen molar-refractivity contribution in [1.29, 1.82) is 0 Å². The van der Waals surface area contributed by atoms with Crippen molar-refractivity contribution < 1.29 is 17.9 Å². The Morgan fingerprint density at radius 2 is 2.19 bits per heavy atom. The van der Waals surface area contributed by atoms with Crippen molar-refractivity contribution in [1.82, 2.24) is 9.47 Å². The Bertz CT molecular complexity index is 619. The van der Waals surface area contributed by atoms with E-state index in [4.69, 9.17) is 9.88 Å². The van der Waals surface area contributed by atoms with Crippen LogP contribution in [0.5, 0.6) is 0 Å². The van der Waals surface area contributed by atoms with Crippen molar-refractivity contribution >= 4 is 15.9 Å². The van der Waals surface area contributed by atoms with Crippen LogP contribution in [0.2, 0.25) is 0 Å². The summed E-state index contributed by atoms with van der Waals surface area (Å²) >= 11 is 0. The molecule has 118 valence electrons. The van der Waals surface area contributed by atoms with Gasteiger partial charge in [-0.1, -0.05) is 0 Å². The molecule has 8 heteroatoms.